The topological polar surface area (TPSA) is 70.7 Å². The summed E-state index contributed by atoms with van der Waals surface area (Å²) in [5, 5.41) is 11.6. The van der Waals surface area contributed by atoms with Gasteiger partial charge in [-0.05, 0) is 63.2 Å². The fourth-order valence-electron chi connectivity index (χ4n) is 2.84. The number of aryl methyl sites for hydroxylation is 1. The van der Waals surface area contributed by atoms with Gasteiger partial charge < -0.3 is 9.88 Å². The van der Waals surface area contributed by atoms with Crippen molar-refractivity contribution >= 4 is 22.6 Å². The maximum Gasteiger partial charge on any atom is 0.255 e. The van der Waals surface area contributed by atoms with Crippen LogP contribution in [0.5, 0.6) is 0 Å². The van der Waals surface area contributed by atoms with Crippen LogP contribution in [0, 0.1) is 18.3 Å². The molecule has 1 amide bonds. The van der Waals surface area contributed by atoms with Crippen molar-refractivity contribution in [3.63, 3.8) is 0 Å². The number of benzene rings is 2. The lowest BCUT2D eigenvalue weighted by atomic mass is 10.1. The van der Waals surface area contributed by atoms with Crippen molar-refractivity contribution in [2.75, 3.05) is 5.32 Å². The van der Waals surface area contributed by atoms with E-state index in [0.29, 0.717) is 22.9 Å². The lowest BCUT2D eigenvalue weighted by Gasteiger charge is -2.10. The van der Waals surface area contributed by atoms with Crippen LogP contribution < -0.4 is 5.32 Å². The summed E-state index contributed by atoms with van der Waals surface area (Å²) in [6.07, 6.45) is 0. The largest absolute Gasteiger partial charge is 0.326 e. The standard InChI is InChI=1S/C19H18N4O/c1-12(2)23-13(3)21-17-10-15(6-9-18(17)23)19(24)22-16-7-4-14(11-20)5-8-16/h4-10,12H,1-3H3,(H,22,24). The number of carbonyl (C=O) groups is 1. The molecule has 0 fully saturated rings. The van der Waals surface area contributed by atoms with Gasteiger partial charge in [0.15, 0.2) is 0 Å². The van der Waals surface area contributed by atoms with Crippen molar-refractivity contribution in [1.29, 1.82) is 5.26 Å². The Morgan fingerprint density at radius 2 is 1.92 bits per heavy atom. The highest BCUT2D eigenvalue weighted by Gasteiger charge is 2.13. The van der Waals surface area contributed by atoms with Crippen LogP contribution in [-0.4, -0.2) is 15.5 Å². The number of aromatic nitrogens is 2. The van der Waals surface area contributed by atoms with Crippen molar-refractivity contribution in [3.05, 3.63) is 59.4 Å². The van der Waals surface area contributed by atoms with Crippen LogP contribution in [-0.2, 0) is 0 Å². The average molecular weight is 318 g/mol. The Morgan fingerprint density at radius 3 is 2.54 bits per heavy atom. The van der Waals surface area contributed by atoms with Gasteiger partial charge in [-0.1, -0.05) is 0 Å². The Morgan fingerprint density at radius 1 is 1.21 bits per heavy atom. The molecule has 5 heteroatoms. The first kappa shape index (κ1) is 15.8. The van der Waals surface area contributed by atoms with E-state index in [-0.39, 0.29) is 5.91 Å². The van der Waals surface area contributed by atoms with E-state index in [0.717, 1.165) is 16.9 Å². The van der Waals surface area contributed by atoms with Gasteiger partial charge in [0.25, 0.3) is 5.91 Å². The minimum atomic E-state index is -0.196. The molecule has 1 heterocycles. The number of anilines is 1. The number of carbonyl (C=O) groups excluding carboxylic acids is 1. The van der Waals surface area contributed by atoms with E-state index in [4.69, 9.17) is 5.26 Å². The number of nitrogens with zero attached hydrogens (tertiary/aromatic N) is 3. The van der Waals surface area contributed by atoms with Gasteiger partial charge in [-0.15, -0.1) is 0 Å². The van der Waals surface area contributed by atoms with Gasteiger partial charge in [-0.25, -0.2) is 4.98 Å². The van der Waals surface area contributed by atoms with Gasteiger partial charge in [0, 0.05) is 17.3 Å². The molecule has 3 aromatic rings. The summed E-state index contributed by atoms with van der Waals surface area (Å²) in [6, 6.07) is 14.7. The van der Waals surface area contributed by atoms with Crippen LogP contribution >= 0.6 is 0 Å². The quantitative estimate of drug-likeness (QED) is 0.792. The molecular weight excluding hydrogens is 300 g/mol. The van der Waals surface area contributed by atoms with Gasteiger partial charge in [-0.3, -0.25) is 4.79 Å². The van der Waals surface area contributed by atoms with E-state index in [1.54, 1.807) is 36.4 Å². The van der Waals surface area contributed by atoms with Crippen molar-refractivity contribution in [2.45, 2.75) is 26.8 Å². The molecule has 0 bridgehead atoms. The summed E-state index contributed by atoms with van der Waals surface area (Å²) in [4.78, 5) is 17.0. The summed E-state index contributed by atoms with van der Waals surface area (Å²) < 4.78 is 2.15. The van der Waals surface area contributed by atoms with Gasteiger partial charge >= 0.3 is 0 Å². The number of nitrogens with one attached hydrogen (secondary N) is 1. The molecular formula is C19H18N4O. The zero-order chi connectivity index (χ0) is 17.3. The maximum atomic E-state index is 12.4. The fraction of sp³-hybridized carbons (Fsp3) is 0.211. The molecule has 1 N–H and O–H groups in total. The molecule has 3 rings (SSSR count). The number of nitriles is 1. The highest BCUT2D eigenvalue weighted by atomic mass is 16.1. The third kappa shape index (κ3) is 2.86. The van der Waals surface area contributed by atoms with Gasteiger partial charge in [0.1, 0.15) is 5.82 Å². The summed E-state index contributed by atoms with van der Waals surface area (Å²) in [5.74, 6) is 0.739. The number of hydrogen-bond acceptors (Lipinski definition) is 3. The molecule has 24 heavy (non-hydrogen) atoms. The van der Waals surface area contributed by atoms with E-state index < -0.39 is 0 Å². The lowest BCUT2D eigenvalue weighted by molar-refractivity contribution is 0.102. The summed E-state index contributed by atoms with van der Waals surface area (Å²) in [5.41, 5.74) is 3.61. The smallest absolute Gasteiger partial charge is 0.255 e. The van der Waals surface area contributed by atoms with Crippen molar-refractivity contribution in [1.82, 2.24) is 9.55 Å². The Hall–Kier alpha value is -3.13. The van der Waals surface area contributed by atoms with Gasteiger partial charge in [-0.2, -0.15) is 5.26 Å². The predicted molar refractivity (Wildman–Crippen MR) is 94.0 cm³/mol. The summed E-state index contributed by atoms with van der Waals surface area (Å²) in [6.45, 7) is 6.19. The molecule has 0 unspecified atom stereocenters. The number of imidazole rings is 1. The highest BCUT2D eigenvalue weighted by molar-refractivity contribution is 6.06. The molecule has 0 aliphatic rings. The first-order chi connectivity index (χ1) is 11.5. The summed E-state index contributed by atoms with van der Waals surface area (Å²) in [7, 11) is 0. The maximum absolute atomic E-state index is 12.4. The first-order valence-electron chi connectivity index (χ1n) is 7.79. The Balaban J connectivity index is 1.88. The molecule has 0 radical (unpaired) electrons. The minimum absolute atomic E-state index is 0.196. The van der Waals surface area contributed by atoms with Crippen LogP contribution in [0.15, 0.2) is 42.5 Å². The highest BCUT2D eigenvalue weighted by Crippen LogP contribution is 2.22. The number of hydrogen-bond donors (Lipinski definition) is 1. The van der Waals surface area contributed by atoms with Gasteiger partial charge in [0.05, 0.1) is 22.7 Å². The van der Waals surface area contributed by atoms with Crippen molar-refractivity contribution < 1.29 is 4.79 Å². The fourth-order valence-corrected chi connectivity index (χ4v) is 2.84. The number of fused-ring (bicyclic) bond motifs is 1. The molecule has 1 aromatic heterocycles. The molecule has 0 aliphatic carbocycles. The number of rotatable bonds is 3. The third-order valence-electron chi connectivity index (χ3n) is 3.92. The second kappa shape index (κ2) is 6.17. The SMILES string of the molecule is Cc1nc2cc(C(=O)Nc3ccc(C#N)cc3)ccc2n1C(C)C. The summed E-state index contributed by atoms with van der Waals surface area (Å²) >= 11 is 0. The zero-order valence-electron chi connectivity index (χ0n) is 13.9. The number of amides is 1. The Bertz CT molecular complexity index is 946. The van der Waals surface area contributed by atoms with E-state index in [1.807, 2.05) is 13.0 Å². The zero-order valence-corrected chi connectivity index (χ0v) is 13.9. The first-order valence-corrected chi connectivity index (χ1v) is 7.79. The second-order valence-electron chi connectivity index (χ2n) is 5.97. The lowest BCUT2D eigenvalue weighted by Crippen LogP contribution is -2.11. The van der Waals surface area contributed by atoms with Crippen LogP contribution in [0.1, 0.15) is 41.6 Å². The van der Waals surface area contributed by atoms with Gasteiger partial charge in [0.2, 0.25) is 0 Å². The van der Waals surface area contributed by atoms with Crippen LogP contribution in [0.25, 0.3) is 11.0 Å². The van der Waals surface area contributed by atoms with E-state index >= 15 is 0 Å². The Kier molecular flexibility index (Phi) is 4.05. The molecule has 120 valence electrons. The molecule has 5 nitrogen and oxygen atoms in total. The van der Waals surface area contributed by atoms with E-state index in [9.17, 15) is 4.79 Å². The average Bonchev–Trinajstić information content (AvgIpc) is 2.90. The Labute approximate surface area is 140 Å². The molecule has 0 spiro atoms. The van der Waals surface area contributed by atoms with E-state index in [2.05, 4.69) is 34.8 Å². The molecule has 0 aliphatic heterocycles. The van der Waals surface area contributed by atoms with E-state index in [1.165, 1.54) is 0 Å². The third-order valence-corrected chi connectivity index (χ3v) is 3.92. The van der Waals surface area contributed by atoms with Crippen LogP contribution in [0.3, 0.4) is 0 Å². The minimum Gasteiger partial charge on any atom is -0.326 e. The van der Waals surface area contributed by atoms with Crippen molar-refractivity contribution in [2.24, 2.45) is 0 Å². The van der Waals surface area contributed by atoms with Crippen molar-refractivity contribution in [3.8, 4) is 6.07 Å². The normalized spacial score (nSPS) is 10.8. The molecule has 0 saturated carbocycles. The second-order valence-corrected chi connectivity index (χ2v) is 5.97. The molecule has 0 atom stereocenters. The monoisotopic (exact) mass is 318 g/mol. The predicted octanol–water partition coefficient (Wildman–Crippen LogP) is 4.05. The van der Waals surface area contributed by atoms with Crippen LogP contribution in [0.2, 0.25) is 0 Å². The molecule has 0 saturated heterocycles. The van der Waals surface area contributed by atoms with Crippen LogP contribution in [0.4, 0.5) is 5.69 Å². The molecule has 2 aromatic carbocycles.